The van der Waals surface area contributed by atoms with Crippen LogP contribution in [0.3, 0.4) is 0 Å². The molecular formula is C18H16O3. The molecule has 0 unspecified atom stereocenters. The molecule has 0 radical (unpaired) electrons. The Labute approximate surface area is 123 Å². The van der Waals surface area contributed by atoms with Crippen molar-refractivity contribution < 1.29 is 14.3 Å². The highest BCUT2D eigenvalue weighted by Crippen LogP contribution is 2.40. The minimum absolute atomic E-state index is 0.0344. The number of carbonyl (C=O) groups is 2. The Morgan fingerprint density at radius 2 is 1.67 bits per heavy atom. The first-order chi connectivity index (χ1) is 10.2. The number of ketones is 2. The molecule has 106 valence electrons. The van der Waals surface area contributed by atoms with E-state index in [0.717, 1.165) is 5.56 Å². The van der Waals surface area contributed by atoms with Crippen molar-refractivity contribution in [3.8, 4) is 5.75 Å². The third-order valence-corrected chi connectivity index (χ3v) is 3.84. The van der Waals surface area contributed by atoms with E-state index in [2.05, 4.69) is 0 Å². The number of para-hydroxylation sites is 1. The fourth-order valence-corrected chi connectivity index (χ4v) is 2.80. The highest BCUT2D eigenvalue weighted by molar-refractivity contribution is 5.97. The van der Waals surface area contributed by atoms with Crippen molar-refractivity contribution in [1.29, 1.82) is 0 Å². The molecule has 0 amide bonds. The molecule has 0 fully saturated rings. The van der Waals surface area contributed by atoms with Gasteiger partial charge in [0.1, 0.15) is 5.75 Å². The van der Waals surface area contributed by atoms with Crippen LogP contribution in [0.2, 0.25) is 0 Å². The van der Waals surface area contributed by atoms with Gasteiger partial charge in [-0.1, -0.05) is 48.5 Å². The van der Waals surface area contributed by atoms with Gasteiger partial charge >= 0.3 is 0 Å². The lowest BCUT2D eigenvalue weighted by molar-refractivity contribution is -0.123. The van der Waals surface area contributed by atoms with Gasteiger partial charge in [0.15, 0.2) is 17.7 Å². The molecule has 2 atom stereocenters. The average Bonchev–Trinajstić information content (AvgIpc) is 2.87. The van der Waals surface area contributed by atoms with E-state index in [-0.39, 0.29) is 23.9 Å². The van der Waals surface area contributed by atoms with Crippen LogP contribution in [0.1, 0.15) is 35.2 Å². The van der Waals surface area contributed by atoms with Gasteiger partial charge in [-0.2, -0.15) is 0 Å². The molecule has 0 aromatic heterocycles. The van der Waals surface area contributed by atoms with Crippen LogP contribution in [0.4, 0.5) is 0 Å². The molecule has 1 aliphatic rings. The standard InChI is InChI=1S/C18H16O3/c1-12(19)18-15(14-9-5-6-10-17(14)21-18)11-16(20)13-7-3-2-4-8-13/h2-10,15,18H,11H2,1H3/t15-,18+/m0/s1. The summed E-state index contributed by atoms with van der Waals surface area (Å²) in [5.74, 6) is 0.499. The van der Waals surface area contributed by atoms with Crippen LogP contribution in [-0.2, 0) is 4.79 Å². The van der Waals surface area contributed by atoms with Crippen molar-refractivity contribution in [1.82, 2.24) is 0 Å². The number of hydrogen-bond donors (Lipinski definition) is 0. The van der Waals surface area contributed by atoms with Gasteiger partial charge < -0.3 is 4.74 Å². The highest BCUT2D eigenvalue weighted by Gasteiger charge is 2.38. The Bertz CT molecular complexity index is 676. The Hall–Kier alpha value is -2.42. The quantitative estimate of drug-likeness (QED) is 0.806. The first kappa shape index (κ1) is 13.6. The van der Waals surface area contributed by atoms with Crippen LogP contribution < -0.4 is 4.74 Å². The molecule has 2 aromatic rings. The van der Waals surface area contributed by atoms with Crippen molar-refractivity contribution in [2.24, 2.45) is 0 Å². The summed E-state index contributed by atoms with van der Waals surface area (Å²) >= 11 is 0. The van der Waals surface area contributed by atoms with Gasteiger partial charge in [0, 0.05) is 23.5 Å². The van der Waals surface area contributed by atoms with Gasteiger partial charge in [0.05, 0.1) is 0 Å². The zero-order chi connectivity index (χ0) is 14.8. The second-order valence-corrected chi connectivity index (χ2v) is 5.29. The molecule has 0 bridgehead atoms. The molecule has 0 aliphatic carbocycles. The largest absolute Gasteiger partial charge is 0.482 e. The lowest BCUT2D eigenvalue weighted by atomic mass is 9.87. The molecule has 0 saturated heterocycles. The zero-order valence-electron chi connectivity index (χ0n) is 11.8. The lowest BCUT2D eigenvalue weighted by Crippen LogP contribution is -2.28. The first-order valence-electron chi connectivity index (χ1n) is 7.01. The fraction of sp³-hybridized carbons (Fsp3) is 0.222. The summed E-state index contributed by atoms with van der Waals surface area (Å²) in [5, 5.41) is 0. The smallest absolute Gasteiger partial charge is 0.170 e. The Balaban J connectivity index is 1.88. The topological polar surface area (TPSA) is 43.4 Å². The number of carbonyl (C=O) groups excluding carboxylic acids is 2. The molecule has 3 heteroatoms. The maximum absolute atomic E-state index is 12.4. The predicted molar refractivity (Wildman–Crippen MR) is 79.7 cm³/mol. The Morgan fingerprint density at radius 1 is 1.00 bits per heavy atom. The van der Waals surface area contributed by atoms with Crippen molar-refractivity contribution in [2.45, 2.75) is 25.4 Å². The summed E-state index contributed by atoms with van der Waals surface area (Å²) in [6.07, 6.45) is -0.277. The van der Waals surface area contributed by atoms with Crippen LogP contribution >= 0.6 is 0 Å². The van der Waals surface area contributed by atoms with Crippen LogP contribution in [0.15, 0.2) is 54.6 Å². The number of Topliss-reactive ketones (excluding diaryl/α,β-unsaturated/α-hetero) is 2. The number of benzene rings is 2. The van der Waals surface area contributed by atoms with Gasteiger partial charge in [0.25, 0.3) is 0 Å². The van der Waals surface area contributed by atoms with E-state index < -0.39 is 6.10 Å². The molecule has 3 rings (SSSR count). The van der Waals surface area contributed by atoms with Gasteiger partial charge in [-0.25, -0.2) is 0 Å². The van der Waals surface area contributed by atoms with Gasteiger partial charge in [-0.3, -0.25) is 9.59 Å². The van der Waals surface area contributed by atoms with Crippen molar-refractivity contribution in [2.75, 3.05) is 0 Å². The summed E-state index contributed by atoms with van der Waals surface area (Å²) in [6, 6.07) is 16.7. The number of rotatable bonds is 4. The van der Waals surface area contributed by atoms with Gasteiger partial charge in [-0.05, 0) is 13.0 Å². The Kier molecular flexibility index (Phi) is 3.57. The van der Waals surface area contributed by atoms with Crippen molar-refractivity contribution in [3.05, 3.63) is 65.7 Å². The minimum Gasteiger partial charge on any atom is -0.482 e. The highest BCUT2D eigenvalue weighted by atomic mass is 16.5. The summed E-state index contributed by atoms with van der Waals surface area (Å²) in [7, 11) is 0. The fourth-order valence-electron chi connectivity index (χ4n) is 2.80. The van der Waals surface area contributed by atoms with E-state index in [1.54, 1.807) is 12.1 Å². The number of fused-ring (bicyclic) bond motifs is 1. The minimum atomic E-state index is -0.560. The summed E-state index contributed by atoms with van der Waals surface area (Å²) in [4.78, 5) is 24.2. The molecule has 0 spiro atoms. The third-order valence-electron chi connectivity index (χ3n) is 3.84. The van der Waals surface area contributed by atoms with Crippen LogP contribution in [0.5, 0.6) is 5.75 Å². The molecule has 2 aromatic carbocycles. The molecule has 1 heterocycles. The first-order valence-corrected chi connectivity index (χ1v) is 7.01. The molecule has 21 heavy (non-hydrogen) atoms. The summed E-state index contributed by atoms with van der Waals surface area (Å²) < 4.78 is 5.72. The van der Waals surface area contributed by atoms with E-state index >= 15 is 0 Å². The zero-order valence-corrected chi connectivity index (χ0v) is 11.8. The van der Waals surface area contributed by atoms with E-state index in [0.29, 0.717) is 11.3 Å². The summed E-state index contributed by atoms with van der Waals surface area (Å²) in [5.41, 5.74) is 1.62. The molecule has 0 N–H and O–H groups in total. The van der Waals surface area contributed by atoms with Gasteiger partial charge in [-0.15, -0.1) is 0 Å². The van der Waals surface area contributed by atoms with E-state index in [4.69, 9.17) is 4.74 Å². The van der Waals surface area contributed by atoms with Crippen LogP contribution in [-0.4, -0.2) is 17.7 Å². The third kappa shape index (κ3) is 2.59. The summed E-state index contributed by atoms with van der Waals surface area (Å²) in [6.45, 7) is 1.51. The number of hydrogen-bond acceptors (Lipinski definition) is 3. The van der Waals surface area contributed by atoms with E-state index in [1.165, 1.54) is 6.92 Å². The molecule has 1 aliphatic heterocycles. The molecule has 0 saturated carbocycles. The monoisotopic (exact) mass is 280 g/mol. The second kappa shape index (κ2) is 5.52. The maximum atomic E-state index is 12.4. The lowest BCUT2D eigenvalue weighted by Gasteiger charge is -2.15. The van der Waals surface area contributed by atoms with Crippen LogP contribution in [0, 0.1) is 0 Å². The maximum Gasteiger partial charge on any atom is 0.170 e. The van der Waals surface area contributed by atoms with Crippen molar-refractivity contribution in [3.63, 3.8) is 0 Å². The molecular weight excluding hydrogens is 264 g/mol. The molecule has 3 nitrogen and oxygen atoms in total. The predicted octanol–water partition coefficient (Wildman–Crippen LogP) is 3.39. The second-order valence-electron chi connectivity index (χ2n) is 5.29. The van der Waals surface area contributed by atoms with Crippen LogP contribution in [0.25, 0.3) is 0 Å². The van der Waals surface area contributed by atoms with E-state index in [9.17, 15) is 9.59 Å². The van der Waals surface area contributed by atoms with Gasteiger partial charge in [0.2, 0.25) is 0 Å². The number of ether oxygens (including phenoxy) is 1. The SMILES string of the molecule is CC(=O)[C@H]1Oc2ccccc2[C@@H]1CC(=O)c1ccccc1. The normalized spacial score (nSPS) is 19.7. The van der Waals surface area contributed by atoms with E-state index in [1.807, 2.05) is 42.5 Å². The average molecular weight is 280 g/mol. The van der Waals surface area contributed by atoms with Crippen molar-refractivity contribution >= 4 is 11.6 Å². The Morgan fingerprint density at radius 3 is 2.38 bits per heavy atom.